The van der Waals surface area contributed by atoms with Gasteiger partial charge in [-0.05, 0) is 90.0 Å². The van der Waals surface area contributed by atoms with E-state index < -0.39 is 0 Å². The SMILES string of the molecule is Brc1cnn2c(NCc3cccnc3)cc(C3CCN(C4CC5CC56CC46)CC3)nc12. The van der Waals surface area contributed by atoms with Crippen molar-refractivity contribution >= 4 is 27.4 Å². The molecule has 0 amide bonds. The van der Waals surface area contributed by atoms with Crippen molar-refractivity contribution in [2.24, 2.45) is 17.3 Å². The zero-order chi connectivity index (χ0) is 20.6. The molecule has 0 radical (unpaired) electrons. The lowest BCUT2D eigenvalue weighted by Gasteiger charge is -2.37. The van der Waals surface area contributed by atoms with Gasteiger partial charge in [0.25, 0.3) is 0 Å². The van der Waals surface area contributed by atoms with Crippen molar-refractivity contribution in [2.75, 3.05) is 18.4 Å². The van der Waals surface area contributed by atoms with E-state index >= 15 is 0 Å². The van der Waals surface area contributed by atoms with Crippen LogP contribution in [0.15, 0.2) is 41.3 Å². The van der Waals surface area contributed by atoms with Crippen LogP contribution in [0.1, 0.15) is 49.3 Å². The Morgan fingerprint density at radius 1 is 1.19 bits per heavy atom. The van der Waals surface area contributed by atoms with Gasteiger partial charge in [-0.15, -0.1) is 0 Å². The minimum atomic E-state index is 0.520. The maximum Gasteiger partial charge on any atom is 0.171 e. The molecule has 6 nitrogen and oxygen atoms in total. The van der Waals surface area contributed by atoms with Crippen LogP contribution in [-0.4, -0.2) is 43.6 Å². The maximum atomic E-state index is 5.02. The molecule has 4 heterocycles. The molecule has 31 heavy (non-hydrogen) atoms. The molecular formula is C24H27BrN6. The molecule has 4 aliphatic rings. The average Bonchev–Trinajstić information content (AvgIpc) is 3.66. The largest absolute Gasteiger partial charge is 0.366 e. The fourth-order valence-corrected chi connectivity index (χ4v) is 7.01. The first-order chi connectivity index (χ1) is 15.2. The van der Waals surface area contributed by atoms with Crippen LogP contribution in [0.25, 0.3) is 5.65 Å². The van der Waals surface area contributed by atoms with Gasteiger partial charge < -0.3 is 10.2 Å². The highest BCUT2D eigenvalue weighted by Crippen LogP contribution is 2.82. The first-order valence-corrected chi connectivity index (χ1v) is 12.4. The van der Waals surface area contributed by atoms with Gasteiger partial charge in [-0.1, -0.05) is 6.07 Å². The smallest absolute Gasteiger partial charge is 0.171 e. The fourth-order valence-electron chi connectivity index (χ4n) is 6.66. The number of nitrogens with zero attached hydrogens (tertiary/aromatic N) is 5. The lowest BCUT2D eigenvalue weighted by atomic mass is 9.91. The molecule has 0 bridgehead atoms. The van der Waals surface area contributed by atoms with Gasteiger partial charge in [-0.2, -0.15) is 9.61 Å². The normalized spacial score (nSPS) is 32.1. The number of anilines is 1. The molecule has 160 valence electrons. The van der Waals surface area contributed by atoms with Gasteiger partial charge in [-0.3, -0.25) is 4.98 Å². The third kappa shape index (κ3) is 2.96. The number of pyridine rings is 1. The zero-order valence-electron chi connectivity index (χ0n) is 17.5. The summed E-state index contributed by atoms with van der Waals surface area (Å²) in [6, 6.07) is 7.16. The molecule has 3 aromatic heterocycles. The number of hydrogen-bond acceptors (Lipinski definition) is 5. The second-order valence-electron chi connectivity index (χ2n) is 10.1. The summed E-state index contributed by atoms with van der Waals surface area (Å²) in [7, 11) is 0. The van der Waals surface area contributed by atoms with Crippen molar-refractivity contribution < 1.29 is 0 Å². The summed E-state index contributed by atoms with van der Waals surface area (Å²) in [4.78, 5) is 12.1. The lowest BCUT2D eigenvalue weighted by Crippen LogP contribution is -2.41. The van der Waals surface area contributed by atoms with E-state index in [4.69, 9.17) is 4.98 Å². The van der Waals surface area contributed by atoms with Crippen molar-refractivity contribution in [1.82, 2.24) is 24.5 Å². The van der Waals surface area contributed by atoms with Gasteiger partial charge >= 0.3 is 0 Å². The number of piperidine rings is 1. The quantitative estimate of drug-likeness (QED) is 0.585. The molecule has 3 aliphatic carbocycles. The summed E-state index contributed by atoms with van der Waals surface area (Å²) >= 11 is 3.64. The molecule has 1 spiro atoms. The summed E-state index contributed by atoms with van der Waals surface area (Å²) in [5.41, 5.74) is 4.08. The molecule has 7 heteroatoms. The molecule has 3 aromatic rings. The van der Waals surface area contributed by atoms with Gasteiger partial charge in [-0.25, -0.2) is 4.98 Å². The minimum absolute atomic E-state index is 0.520. The summed E-state index contributed by atoms with van der Waals surface area (Å²) in [5, 5.41) is 8.09. The van der Waals surface area contributed by atoms with Crippen molar-refractivity contribution in [3.63, 3.8) is 0 Å². The zero-order valence-corrected chi connectivity index (χ0v) is 19.1. The van der Waals surface area contributed by atoms with Crippen LogP contribution < -0.4 is 5.32 Å². The van der Waals surface area contributed by atoms with E-state index in [9.17, 15) is 0 Å². The van der Waals surface area contributed by atoms with E-state index in [1.54, 1.807) is 12.6 Å². The molecule has 3 saturated carbocycles. The van der Waals surface area contributed by atoms with Crippen molar-refractivity contribution in [2.45, 2.75) is 50.6 Å². The average molecular weight is 479 g/mol. The van der Waals surface area contributed by atoms with E-state index in [1.165, 1.54) is 44.5 Å². The van der Waals surface area contributed by atoms with E-state index in [0.29, 0.717) is 12.5 Å². The summed E-state index contributed by atoms with van der Waals surface area (Å²) in [6.45, 7) is 3.16. The maximum absolute atomic E-state index is 5.02. The van der Waals surface area contributed by atoms with Gasteiger partial charge in [0.05, 0.1) is 10.7 Å². The third-order valence-corrected chi connectivity index (χ3v) is 9.07. The predicted molar refractivity (Wildman–Crippen MR) is 123 cm³/mol. The Bertz CT molecular complexity index is 1140. The van der Waals surface area contributed by atoms with Gasteiger partial charge in [0, 0.05) is 42.7 Å². The van der Waals surface area contributed by atoms with Crippen LogP contribution in [-0.2, 0) is 6.54 Å². The standard InChI is InChI=1S/C24H27BrN6/c25-19-14-28-31-22(27-13-15-2-1-5-26-12-15)9-20(29-23(19)31)16-3-6-30(7-4-16)21-8-17-10-24(17)11-18(21)24/h1-2,5,9,12,14,16-18,21,27H,3-4,6-8,10-11,13H2. The van der Waals surface area contributed by atoms with Crippen LogP contribution in [0.3, 0.4) is 0 Å². The molecule has 4 fully saturated rings. The van der Waals surface area contributed by atoms with E-state index in [1.807, 2.05) is 23.0 Å². The van der Waals surface area contributed by atoms with Crippen molar-refractivity contribution in [3.05, 3.63) is 52.5 Å². The first kappa shape index (κ1) is 18.6. The van der Waals surface area contributed by atoms with Crippen molar-refractivity contribution in [3.8, 4) is 0 Å². The molecule has 1 saturated heterocycles. The Hall–Kier alpha value is -1.99. The van der Waals surface area contributed by atoms with Crippen LogP contribution in [0.5, 0.6) is 0 Å². The molecule has 0 aromatic carbocycles. The Kier molecular flexibility index (Phi) is 4.04. The lowest BCUT2D eigenvalue weighted by molar-refractivity contribution is 0.132. The second kappa shape index (κ2) is 6.75. The second-order valence-corrected chi connectivity index (χ2v) is 10.9. The fraction of sp³-hybridized carbons (Fsp3) is 0.542. The minimum Gasteiger partial charge on any atom is -0.366 e. The molecule has 1 N–H and O–H groups in total. The Labute approximate surface area is 190 Å². The predicted octanol–water partition coefficient (Wildman–Crippen LogP) is 4.48. The highest BCUT2D eigenvalue weighted by molar-refractivity contribution is 9.10. The van der Waals surface area contributed by atoms with Crippen LogP contribution in [0, 0.1) is 17.3 Å². The number of nitrogens with one attached hydrogen (secondary N) is 1. The Morgan fingerprint density at radius 3 is 2.84 bits per heavy atom. The first-order valence-electron chi connectivity index (χ1n) is 11.6. The van der Waals surface area contributed by atoms with Gasteiger partial charge in [0.1, 0.15) is 5.82 Å². The number of halogens is 1. The molecule has 4 atom stereocenters. The number of hydrogen-bond donors (Lipinski definition) is 1. The van der Waals surface area contributed by atoms with Crippen LogP contribution >= 0.6 is 15.9 Å². The molecular weight excluding hydrogens is 452 g/mol. The van der Waals surface area contributed by atoms with E-state index in [0.717, 1.165) is 44.8 Å². The van der Waals surface area contributed by atoms with Crippen molar-refractivity contribution in [1.29, 1.82) is 0 Å². The number of aromatic nitrogens is 4. The summed E-state index contributed by atoms with van der Waals surface area (Å²) in [6.07, 6.45) is 12.5. The topological polar surface area (TPSA) is 58.4 Å². The Morgan fingerprint density at radius 2 is 2.10 bits per heavy atom. The molecule has 7 rings (SSSR count). The van der Waals surface area contributed by atoms with E-state index in [2.05, 4.69) is 48.4 Å². The molecule has 4 unspecified atom stereocenters. The summed E-state index contributed by atoms with van der Waals surface area (Å²) in [5.74, 6) is 3.63. The van der Waals surface area contributed by atoms with Gasteiger partial charge in [0.2, 0.25) is 0 Å². The summed E-state index contributed by atoms with van der Waals surface area (Å²) < 4.78 is 2.84. The number of likely N-dealkylation sites (tertiary alicyclic amines) is 1. The van der Waals surface area contributed by atoms with E-state index in [-0.39, 0.29) is 0 Å². The Balaban J connectivity index is 1.10. The highest BCUT2D eigenvalue weighted by atomic mass is 79.9. The monoisotopic (exact) mass is 478 g/mol. The van der Waals surface area contributed by atoms with Crippen LogP contribution in [0.4, 0.5) is 5.82 Å². The number of rotatable bonds is 5. The van der Waals surface area contributed by atoms with Gasteiger partial charge in [0.15, 0.2) is 5.65 Å². The number of fused-ring (bicyclic) bond motifs is 1. The third-order valence-electron chi connectivity index (χ3n) is 8.51. The molecule has 1 aliphatic heterocycles. The highest BCUT2D eigenvalue weighted by Gasteiger charge is 2.77. The van der Waals surface area contributed by atoms with Crippen LogP contribution in [0.2, 0.25) is 0 Å².